The second-order valence-corrected chi connectivity index (χ2v) is 7.58. The number of hydrogen-bond acceptors (Lipinski definition) is 6. The zero-order chi connectivity index (χ0) is 19.8. The van der Waals surface area contributed by atoms with Crippen molar-refractivity contribution >= 4 is 40.3 Å². The van der Waals surface area contributed by atoms with Gasteiger partial charge in [0.1, 0.15) is 29.0 Å². The first-order chi connectivity index (χ1) is 13.6. The molecule has 0 N–H and O–H groups in total. The summed E-state index contributed by atoms with van der Waals surface area (Å²) in [6.45, 7) is 1.83. The maximum atomic E-state index is 12.2. The first-order valence-electron chi connectivity index (χ1n) is 8.84. The van der Waals surface area contributed by atoms with Gasteiger partial charge in [0.15, 0.2) is 0 Å². The van der Waals surface area contributed by atoms with Crippen LogP contribution in [0.3, 0.4) is 0 Å². The van der Waals surface area contributed by atoms with Crippen LogP contribution in [0.4, 0.5) is 0 Å². The van der Waals surface area contributed by atoms with Gasteiger partial charge in [-0.15, -0.1) is 0 Å². The average molecular weight is 416 g/mol. The molecule has 1 saturated heterocycles. The first-order valence-corrected chi connectivity index (χ1v) is 10.1. The van der Waals surface area contributed by atoms with E-state index in [0.717, 1.165) is 11.3 Å². The van der Waals surface area contributed by atoms with Gasteiger partial charge in [0.25, 0.3) is 5.91 Å². The maximum absolute atomic E-state index is 12.2. The fourth-order valence-corrected chi connectivity index (χ4v) is 3.64. The second kappa shape index (κ2) is 10.3. The van der Waals surface area contributed by atoms with Gasteiger partial charge in [-0.25, -0.2) is 0 Å². The molecule has 3 rings (SSSR count). The van der Waals surface area contributed by atoms with Crippen molar-refractivity contribution in [3.63, 3.8) is 0 Å². The van der Waals surface area contributed by atoms with Crippen LogP contribution in [-0.2, 0) is 9.53 Å². The van der Waals surface area contributed by atoms with Gasteiger partial charge in [0.2, 0.25) is 0 Å². The molecular weight excluding hydrogens is 394 g/mol. The quantitative estimate of drug-likeness (QED) is 0.351. The number of carbonyl (C=O) groups excluding carboxylic acids is 1. The summed E-state index contributed by atoms with van der Waals surface area (Å²) in [6, 6.07) is 17.2. The van der Waals surface area contributed by atoms with E-state index in [0.29, 0.717) is 41.4 Å². The molecule has 0 spiro atoms. The highest BCUT2D eigenvalue weighted by Crippen LogP contribution is 2.33. The maximum Gasteiger partial charge on any atom is 0.265 e. The molecule has 2 aromatic carbocycles. The molecule has 7 heteroatoms. The van der Waals surface area contributed by atoms with Crippen LogP contribution in [0.25, 0.3) is 6.08 Å². The predicted octanol–water partition coefficient (Wildman–Crippen LogP) is 3.99. The molecule has 0 bridgehead atoms. The Morgan fingerprint density at radius 1 is 0.964 bits per heavy atom. The number of likely N-dealkylation sites (N-methyl/N-ethyl adjacent to an activating group) is 1. The summed E-state index contributed by atoms with van der Waals surface area (Å²) in [5.74, 6) is 1.44. The topological polar surface area (TPSA) is 48.0 Å². The molecule has 0 aromatic heterocycles. The average Bonchev–Trinajstić information content (AvgIpc) is 2.96. The van der Waals surface area contributed by atoms with Crippen molar-refractivity contribution in [2.45, 2.75) is 0 Å². The van der Waals surface area contributed by atoms with Crippen LogP contribution in [0.2, 0.25) is 0 Å². The summed E-state index contributed by atoms with van der Waals surface area (Å²) in [5.41, 5.74) is 0.837. The molecule has 0 radical (unpaired) electrons. The monoisotopic (exact) mass is 415 g/mol. The highest BCUT2D eigenvalue weighted by atomic mass is 32.2. The lowest BCUT2D eigenvalue weighted by Gasteiger charge is -2.10. The Balaban J connectivity index is 1.44. The number of ether oxygens (including phenoxy) is 3. The van der Waals surface area contributed by atoms with Crippen molar-refractivity contribution in [3.8, 4) is 11.5 Å². The van der Waals surface area contributed by atoms with Crippen LogP contribution in [0.5, 0.6) is 11.5 Å². The summed E-state index contributed by atoms with van der Waals surface area (Å²) in [5, 5.41) is 0. The zero-order valence-corrected chi connectivity index (χ0v) is 17.1. The molecule has 1 aliphatic heterocycles. The van der Waals surface area contributed by atoms with E-state index in [1.165, 1.54) is 16.7 Å². The summed E-state index contributed by atoms with van der Waals surface area (Å²) < 4.78 is 17.5. The number of para-hydroxylation sites is 2. The molecule has 146 valence electrons. The van der Waals surface area contributed by atoms with Crippen LogP contribution in [0, 0.1) is 0 Å². The zero-order valence-electron chi connectivity index (χ0n) is 15.5. The molecule has 0 atom stereocenters. The largest absolute Gasteiger partial charge is 0.491 e. The number of hydrogen-bond donors (Lipinski definition) is 0. The molecule has 0 unspecified atom stereocenters. The molecule has 1 aliphatic rings. The van der Waals surface area contributed by atoms with Crippen molar-refractivity contribution in [3.05, 3.63) is 65.1 Å². The third kappa shape index (κ3) is 5.58. The number of nitrogens with zero attached hydrogens (tertiary/aromatic N) is 1. The van der Waals surface area contributed by atoms with Crippen LogP contribution < -0.4 is 9.47 Å². The van der Waals surface area contributed by atoms with Gasteiger partial charge in [-0.1, -0.05) is 60.4 Å². The van der Waals surface area contributed by atoms with E-state index in [2.05, 4.69) is 0 Å². The van der Waals surface area contributed by atoms with E-state index in [4.69, 9.17) is 26.4 Å². The second-order valence-electron chi connectivity index (χ2n) is 5.90. The Morgan fingerprint density at radius 2 is 1.64 bits per heavy atom. The third-order valence-corrected chi connectivity index (χ3v) is 5.40. The Hall–Kier alpha value is -2.35. The van der Waals surface area contributed by atoms with Crippen molar-refractivity contribution in [2.24, 2.45) is 0 Å². The van der Waals surface area contributed by atoms with E-state index >= 15 is 0 Å². The molecule has 0 saturated carbocycles. The van der Waals surface area contributed by atoms with E-state index in [1.54, 1.807) is 7.05 Å². The smallest absolute Gasteiger partial charge is 0.265 e. The molecule has 0 aliphatic carbocycles. The van der Waals surface area contributed by atoms with Crippen LogP contribution in [0.1, 0.15) is 5.56 Å². The number of thioether (sulfide) groups is 1. The lowest BCUT2D eigenvalue weighted by molar-refractivity contribution is -0.121. The van der Waals surface area contributed by atoms with E-state index in [9.17, 15) is 4.79 Å². The number of benzene rings is 2. The highest BCUT2D eigenvalue weighted by Gasteiger charge is 2.28. The predicted molar refractivity (Wildman–Crippen MR) is 116 cm³/mol. The summed E-state index contributed by atoms with van der Waals surface area (Å²) in [4.78, 5) is 14.2. The minimum atomic E-state index is -0.0912. The summed E-state index contributed by atoms with van der Waals surface area (Å²) in [6.07, 6.45) is 1.81. The Labute approximate surface area is 174 Å². The highest BCUT2D eigenvalue weighted by molar-refractivity contribution is 8.26. The molecule has 1 heterocycles. The van der Waals surface area contributed by atoms with Gasteiger partial charge >= 0.3 is 0 Å². The van der Waals surface area contributed by atoms with Crippen molar-refractivity contribution < 1.29 is 19.0 Å². The van der Waals surface area contributed by atoms with Crippen molar-refractivity contribution in [1.29, 1.82) is 0 Å². The fraction of sp³-hybridized carbons (Fsp3) is 0.238. The molecular formula is C21H21NO4S2. The SMILES string of the molecule is CN1C(=O)/C(=C\c2ccccc2OCCOCCOc2ccccc2)SC1=S. The molecule has 2 aromatic rings. The molecule has 1 amide bonds. The van der Waals surface area contributed by atoms with E-state index < -0.39 is 0 Å². The van der Waals surface area contributed by atoms with Crippen LogP contribution in [-0.4, -0.2) is 48.6 Å². The van der Waals surface area contributed by atoms with E-state index in [1.807, 2.05) is 60.7 Å². The Bertz CT molecular complexity index is 854. The molecule has 28 heavy (non-hydrogen) atoms. The Kier molecular flexibility index (Phi) is 7.47. The minimum absolute atomic E-state index is 0.0912. The van der Waals surface area contributed by atoms with Gasteiger partial charge in [0, 0.05) is 12.6 Å². The Morgan fingerprint density at radius 3 is 2.36 bits per heavy atom. The van der Waals surface area contributed by atoms with Gasteiger partial charge in [-0.05, 0) is 24.3 Å². The van der Waals surface area contributed by atoms with Gasteiger partial charge in [0.05, 0.1) is 18.1 Å². The standard InChI is InChI=1S/C21H21NO4S2/c1-22-20(23)19(28-21(22)27)15-16-7-5-6-10-18(16)26-14-12-24-11-13-25-17-8-3-2-4-9-17/h2-10,15H,11-14H2,1H3/b19-15+. The number of rotatable bonds is 9. The number of amides is 1. The van der Waals surface area contributed by atoms with Crippen LogP contribution in [0.15, 0.2) is 59.5 Å². The third-order valence-electron chi connectivity index (χ3n) is 3.92. The number of thiocarbonyl (C=S) groups is 1. The van der Waals surface area contributed by atoms with Gasteiger partial charge < -0.3 is 14.2 Å². The van der Waals surface area contributed by atoms with Crippen molar-refractivity contribution in [1.82, 2.24) is 4.90 Å². The lowest BCUT2D eigenvalue weighted by Crippen LogP contribution is -2.22. The van der Waals surface area contributed by atoms with Gasteiger partial charge in [-0.3, -0.25) is 9.69 Å². The number of carbonyl (C=O) groups is 1. The lowest BCUT2D eigenvalue weighted by atomic mass is 10.2. The summed E-state index contributed by atoms with van der Waals surface area (Å²) in [7, 11) is 1.68. The fourth-order valence-electron chi connectivity index (χ4n) is 2.47. The molecule has 1 fully saturated rings. The normalized spacial score (nSPS) is 15.3. The first kappa shape index (κ1) is 20.4. The summed E-state index contributed by atoms with van der Waals surface area (Å²) >= 11 is 6.46. The van der Waals surface area contributed by atoms with E-state index in [-0.39, 0.29) is 5.91 Å². The van der Waals surface area contributed by atoms with Crippen molar-refractivity contribution in [2.75, 3.05) is 33.5 Å². The van der Waals surface area contributed by atoms with Crippen LogP contribution >= 0.6 is 24.0 Å². The van der Waals surface area contributed by atoms with Gasteiger partial charge in [-0.2, -0.15) is 0 Å². The molecule has 5 nitrogen and oxygen atoms in total. The minimum Gasteiger partial charge on any atom is -0.491 e.